The summed E-state index contributed by atoms with van der Waals surface area (Å²) in [5.41, 5.74) is 1.48. The number of rotatable bonds is 6. The van der Waals surface area contributed by atoms with Crippen molar-refractivity contribution < 1.29 is 14.6 Å². The van der Waals surface area contributed by atoms with Gasteiger partial charge in [-0.2, -0.15) is 0 Å². The summed E-state index contributed by atoms with van der Waals surface area (Å²) in [6.07, 6.45) is 1.75. The van der Waals surface area contributed by atoms with Gasteiger partial charge in [0, 0.05) is 6.42 Å². The van der Waals surface area contributed by atoms with Gasteiger partial charge in [-0.25, -0.2) is 14.8 Å². The third kappa shape index (κ3) is 3.89. The molecule has 0 saturated carbocycles. The van der Waals surface area contributed by atoms with Crippen molar-refractivity contribution in [1.29, 1.82) is 0 Å². The normalized spacial score (nSPS) is 17.0. The molecule has 24 heavy (non-hydrogen) atoms. The minimum atomic E-state index is -1.09. The molecule has 0 spiro atoms. The van der Waals surface area contributed by atoms with Crippen molar-refractivity contribution in [3.05, 3.63) is 53.1 Å². The van der Waals surface area contributed by atoms with Gasteiger partial charge >= 0.3 is 5.97 Å². The van der Waals surface area contributed by atoms with Crippen molar-refractivity contribution in [2.24, 2.45) is 5.92 Å². The Balaban J connectivity index is 1.80. The van der Waals surface area contributed by atoms with Gasteiger partial charge in [0.15, 0.2) is 11.4 Å². The van der Waals surface area contributed by atoms with Crippen LogP contribution < -0.4 is 10.1 Å². The summed E-state index contributed by atoms with van der Waals surface area (Å²) >= 11 is 0. The molecule has 1 unspecified atom stereocenters. The van der Waals surface area contributed by atoms with E-state index in [1.807, 2.05) is 30.3 Å². The first-order chi connectivity index (χ1) is 11.6. The molecule has 1 saturated heterocycles. The zero-order valence-electron chi connectivity index (χ0n) is 13.7. The fraction of sp³-hybridized carbons (Fsp3) is 0.389. The first-order valence-electron chi connectivity index (χ1n) is 8.11. The third-order valence-electron chi connectivity index (χ3n) is 4.14. The number of hydrogen-bond donors (Lipinski definition) is 2. The van der Waals surface area contributed by atoms with Gasteiger partial charge in [-0.05, 0) is 37.9 Å². The Morgan fingerprint density at radius 3 is 2.79 bits per heavy atom. The predicted octanol–water partition coefficient (Wildman–Crippen LogP) is 2.21. The summed E-state index contributed by atoms with van der Waals surface area (Å²) in [5, 5.41) is 12.8. The first kappa shape index (κ1) is 16.4. The van der Waals surface area contributed by atoms with Gasteiger partial charge in [-0.15, -0.1) is 0 Å². The molecule has 1 aromatic carbocycles. The molecule has 6 heteroatoms. The van der Waals surface area contributed by atoms with Crippen molar-refractivity contribution in [3.8, 4) is 5.75 Å². The van der Waals surface area contributed by atoms with Gasteiger partial charge in [-0.1, -0.05) is 30.3 Å². The third-order valence-corrected chi connectivity index (χ3v) is 4.14. The van der Waals surface area contributed by atoms with E-state index in [1.165, 1.54) is 0 Å². The lowest BCUT2D eigenvalue weighted by Crippen LogP contribution is -2.16. The van der Waals surface area contributed by atoms with E-state index in [9.17, 15) is 9.90 Å². The van der Waals surface area contributed by atoms with Crippen LogP contribution >= 0.6 is 0 Å². The second-order valence-electron chi connectivity index (χ2n) is 6.05. The Labute approximate surface area is 140 Å². The van der Waals surface area contributed by atoms with Crippen molar-refractivity contribution >= 4 is 5.97 Å². The Hall–Kier alpha value is -2.47. The maximum absolute atomic E-state index is 11.6. The molecule has 1 atom stereocenters. The molecule has 1 aliphatic rings. The molecule has 3 rings (SSSR count). The standard InChI is InChI=1S/C18H21N3O3/c1-12-17(24-11-13-5-3-2-4-6-13)16(18(22)23)21-15(20-12)9-14-7-8-19-10-14/h2-6,14,19H,7-11H2,1H3,(H,22,23). The quantitative estimate of drug-likeness (QED) is 0.846. The van der Waals surface area contributed by atoms with Crippen LogP contribution in [0.3, 0.4) is 0 Å². The number of nitrogens with zero attached hydrogens (tertiary/aromatic N) is 2. The Bertz CT molecular complexity index is 713. The molecule has 2 aromatic rings. The van der Waals surface area contributed by atoms with Crippen LogP contribution in [0.15, 0.2) is 30.3 Å². The molecular weight excluding hydrogens is 306 g/mol. The second-order valence-corrected chi connectivity index (χ2v) is 6.05. The predicted molar refractivity (Wildman–Crippen MR) is 89.2 cm³/mol. The molecule has 1 aliphatic heterocycles. The lowest BCUT2D eigenvalue weighted by Gasteiger charge is -2.14. The average molecular weight is 327 g/mol. The highest BCUT2D eigenvalue weighted by Crippen LogP contribution is 2.23. The highest BCUT2D eigenvalue weighted by atomic mass is 16.5. The summed E-state index contributed by atoms with van der Waals surface area (Å²) < 4.78 is 5.72. The number of aromatic nitrogens is 2. The van der Waals surface area contributed by atoms with E-state index >= 15 is 0 Å². The number of aryl methyl sites for hydroxylation is 1. The summed E-state index contributed by atoms with van der Waals surface area (Å²) in [5.74, 6) is 0.196. The number of nitrogens with one attached hydrogen (secondary N) is 1. The van der Waals surface area contributed by atoms with Gasteiger partial charge in [0.1, 0.15) is 12.4 Å². The zero-order chi connectivity index (χ0) is 16.9. The highest BCUT2D eigenvalue weighted by molar-refractivity contribution is 5.88. The van der Waals surface area contributed by atoms with E-state index < -0.39 is 5.97 Å². The number of aromatic carboxylic acids is 1. The minimum absolute atomic E-state index is 0.0561. The molecule has 0 radical (unpaired) electrons. The maximum atomic E-state index is 11.6. The molecule has 2 heterocycles. The highest BCUT2D eigenvalue weighted by Gasteiger charge is 2.22. The van der Waals surface area contributed by atoms with Gasteiger partial charge in [0.2, 0.25) is 0 Å². The Kier molecular flexibility index (Phi) is 5.05. The first-order valence-corrected chi connectivity index (χ1v) is 8.11. The van der Waals surface area contributed by atoms with Gasteiger partial charge in [0.25, 0.3) is 0 Å². The summed E-state index contributed by atoms with van der Waals surface area (Å²) in [6.45, 7) is 3.98. The molecule has 0 amide bonds. The zero-order valence-corrected chi connectivity index (χ0v) is 13.7. The van der Waals surface area contributed by atoms with Crippen LogP contribution in [0.25, 0.3) is 0 Å². The Morgan fingerprint density at radius 1 is 1.33 bits per heavy atom. The van der Waals surface area contributed by atoms with Gasteiger partial charge in [-0.3, -0.25) is 0 Å². The number of carbonyl (C=O) groups is 1. The van der Waals surface area contributed by atoms with Crippen LogP contribution in [0.1, 0.15) is 34.0 Å². The fourth-order valence-electron chi connectivity index (χ4n) is 2.91. The second kappa shape index (κ2) is 7.40. The topological polar surface area (TPSA) is 84.3 Å². The Morgan fingerprint density at radius 2 is 2.12 bits per heavy atom. The van der Waals surface area contributed by atoms with Crippen molar-refractivity contribution in [1.82, 2.24) is 15.3 Å². The summed E-state index contributed by atoms with van der Waals surface area (Å²) in [4.78, 5) is 20.3. The molecular formula is C18H21N3O3. The van der Waals surface area contributed by atoms with Crippen LogP contribution in [0, 0.1) is 12.8 Å². The SMILES string of the molecule is Cc1nc(CC2CCNC2)nc(C(=O)O)c1OCc1ccccc1. The van der Waals surface area contributed by atoms with E-state index in [-0.39, 0.29) is 18.1 Å². The molecule has 6 nitrogen and oxygen atoms in total. The molecule has 0 aliphatic carbocycles. The molecule has 126 valence electrons. The largest absolute Gasteiger partial charge is 0.484 e. The van der Waals surface area contributed by atoms with E-state index in [0.717, 1.165) is 25.1 Å². The summed E-state index contributed by atoms with van der Waals surface area (Å²) in [7, 11) is 0. The smallest absolute Gasteiger partial charge is 0.358 e. The van der Waals surface area contributed by atoms with E-state index in [1.54, 1.807) is 6.92 Å². The minimum Gasteiger partial charge on any atom is -0.484 e. The number of carboxylic acids is 1. The van der Waals surface area contributed by atoms with Crippen LogP contribution in [-0.2, 0) is 13.0 Å². The van der Waals surface area contributed by atoms with E-state index in [0.29, 0.717) is 23.9 Å². The lowest BCUT2D eigenvalue weighted by atomic mass is 10.0. The average Bonchev–Trinajstić information content (AvgIpc) is 3.07. The molecule has 1 fully saturated rings. The molecule has 1 aromatic heterocycles. The summed E-state index contributed by atoms with van der Waals surface area (Å²) in [6, 6.07) is 9.61. The lowest BCUT2D eigenvalue weighted by molar-refractivity contribution is 0.0683. The number of hydrogen-bond acceptors (Lipinski definition) is 5. The van der Waals surface area contributed by atoms with Gasteiger partial charge < -0.3 is 15.2 Å². The van der Waals surface area contributed by atoms with Crippen molar-refractivity contribution in [2.75, 3.05) is 13.1 Å². The number of ether oxygens (including phenoxy) is 1. The van der Waals surface area contributed by atoms with Crippen LogP contribution in [0.2, 0.25) is 0 Å². The van der Waals surface area contributed by atoms with Crippen molar-refractivity contribution in [2.45, 2.75) is 26.4 Å². The maximum Gasteiger partial charge on any atom is 0.358 e. The molecule has 2 N–H and O–H groups in total. The van der Waals surface area contributed by atoms with Crippen LogP contribution in [0.4, 0.5) is 0 Å². The number of carboxylic acid groups (broad SMARTS) is 1. The van der Waals surface area contributed by atoms with E-state index in [4.69, 9.17) is 4.74 Å². The van der Waals surface area contributed by atoms with Crippen LogP contribution in [-0.4, -0.2) is 34.1 Å². The van der Waals surface area contributed by atoms with Crippen LogP contribution in [0.5, 0.6) is 5.75 Å². The molecule has 0 bridgehead atoms. The van der Waals surface area contributed by atoms with Gasteiger partial charge in [0.05, 0.1) is 5.69 Å². The fourth-order valence-corrected chi connectivity index (χ4v) is 2.91. The van der Waals surface area contributed by atoms with E-state index in [2.05, 4.69) is 15.3 Å². The number of benzene rings is 1. The monoisotopic (exact) mass is 327 g/mol. The van der Waals surface area contributed by atoms with Crippen molar-refractivity contribution in [3.63, 3.8) is 0 Å².